The molecule has 1 saturated carbocycles. The first kappa shape index (κ1) is 21.2. The number of oxime groups is 1. The van der Waals surface area contributed by atoms with Crippen LogP contribution in [0.1, 0.15) is 52.9 Å². The van der Waals surface area contributed by atoms with Gasteiger partial charge in [0, 0.05) is 23.6 Å². The molecule has 1 aliphatic rings. The van der Waals surface area contributed by atoms with E-state index in [9.17, 15) is 9.59 Å². The minimum atomic E-state index is -0.713. The highest BCUT2D eigenvalue weighted by atomic mass is 35.5. The summed E-state index contributed by atoms with van der Waals surface area (Å²) < 4.78 is 0. The van der Waals surface area contributed by atoms with Gasteiger partial charge in [-0.2, -0.15) is 11.8 Å². The molecule has 1 atom stereocenters. The molecule has 1 fully saturated rings. The number of carbonyl (C=O) groups excluding carboxylic acids is 2. The molecular weight excluding hydrogens is 346 g/mol. The summed E-state index contributed by atoms with van der Waals surface area (Å²) >= 11 is 7.31. The van der Waals surface area contributed by atoms with E-state index in [1.54, 1.807) is 6.08 Å². The largest absolute Gasteiger partial charge is 0.392 e. The average molecular weight is 374 g/mol. The van der Waals surface area contributed by atoms with Gasteiger partial charge in [0.25, 0.3) is 0 Å². The Kier molecular flexibility index (Phi) is 10.3. The van der Waals surface area contributed by atoms with Gasteiger partial charge < -0.3 is 4.84 Å². The smallest absolute Gasteiger partial charge is 0.149 e. The normalized spacial score (nSPS) is 23.8. The Hall–Kier alpha value is -0.810. The average Bonchev–Trinajstić information content (AvgIpc) is 2.51. The van der Waals surface area contributed by atoms with Gasteiger partial charge in [0.05, 0.1) is 5.71 Å². The number of hydrogen-bond donors (Lipinski definition) is 0. The number of thioether (sulfide) groups is 1. The van der Waals surface area contributed by atoms with Crippen molar-refractivity contribution < 1.29 is 14.4 Å². The maximum atomic E-state index is 12.6. The Morgan fingerprint density at radius 1 is 1.38 bits per heavy atom. The van der Waals surface area contributed by atoms with Crippen LogP contribution in [-0.4, -0.2) is 34.9 Å². The molecule has 1 rings (SSSR count). The molecule has 6 heteroatoms. The molecule has 0 bridgehead atoms. The number of rotatable bonds is 10. The van der Waals surface area contributed by atoms with Gasteiger partial charge in [-0.3, -0.25) is 9.59 Å². The van der Waals surface area contributed by atoms with Crippen LogP contribution < -0.4 is 0 Å². The lowest BCUT2D eigenvalue weighted by molar-refractivity contribution is -0.134. The molecule has 0 N–H and O–H groups in total. The monoisotopic (exact) mass is 373 g/mol. The molecule has 1 aliphatic carbocycles. The Bertz CT molecular complexity index is 461. The molecule has 0 spiro atoms. The van der Waals surface area contributed by atoms with Crippen molar-refractivity contribution in [1.29, 1.82) is 0 Å². The number of nitrogens with zero attached hydrogens (tertiary/aromatic N) is 1. The second-order valence-corrected chi connectivity index (χ2v) is 8.10. The van der Waals surface area contributed by atoms with Gasteiger partial charge in [0.1, 0.15) is 24.1 Å². The zero-order valence-electron chi connectivity index (χ0n) is 14.8. The van der Waals surface area contributed by atoms with Crippen molar-refractivity contribution in [2.75, 3.05) is 12.4 Å². The van der Waals surface area contributed by atoms with Crippen molar-refractivity contribution in [3.05, 3.63) is 11.6 Å². The quantitative estimate of drug-likeness (QED) is 0.243. The van der Waals surface area contributed by atoms with Crippen molar-refractivity contribution in [1.82, 2.24) is 0 Å². The molecule has 0 aromatic heterocycles. The molecule has 24 heavy (non-hydrogen) atoms. The summed E-state index contributed by atoms with van der Waals surface area (Å²) in [6, 6.07) is 0. The predicted octanol–water partition coefficient (Wildman–Crippen LogP) is 4.61. The van der Waals surface area contributed by atoms with Crippen LogP contribution in [0.5, 0.6) is 0 Å². The van der Waals surface area contributed by atoms with Gasteiger partial charge in [0.15, 0.2) is 0 Å². The standard InChI is InChI=1S/C18H28ClNO3S/c1-4-7-15(20-23-9-6-8-19)18-16(21)11-14(12-17(18)22)10-13(3)24-5-2/h6,8,13-14,18H,4-5,7,9-12H2,1-3H3/b8-6+,20-15+. The Balaban J connectivity index is 2.73. The van der Waals surface area contributed by atoms with Gasteiger partial charge in [-0.15, -0.1) is 0 Å². The molecule has 0 amide bonds. The fourth-order valence-corrected chi connectivity index (χ4v) is 4.17. The lowest BCUT2D eigenvalue weighted by Gasteiger charge is -2.28. The SMILES string of the molecule is CCC/C(=N\OC/C=C/Cl)C1C(=O)CC(CC(C)SCC)CC1=O. The first-order valence-electron chi connectivity index (χ1n) is 8.64. The minimum absolute atomic E-state index is 0.00589. The Labute approximate surface area is 154 Å². The molecule has 0 aliphatic heterocycles. The highest BCUT2D eigenvalue weighted by molar-refractivity contribution is 7.99. The summed E-state index contributed by atoms with van der Waals surface area (Å²) in [5, 5.41) is 4.53. The van der Waals surface area contributed by atoms with Gasteiger partial charge >= 0.3 is 0 Å². The number of hydrogen-bond acceptors (Lipinski definition) is 5. The Morgan fingerprint density at radius 3 is 2.58 bits per heavy atom. The fourth-order valence-electron chi connectivity index (χ4n) is 3.12. The topological polar surface area (TPSA) is 55.7 Å². The number of Topliss-reactive ketones (excluding diaryl/α,β-unsaturated/α-hetero) is 2. The van der Waals surface area contributed by atoms with Crippen LogP contribution in [0.15, 0.2) is 16.8 Å². The van der Waals surface area contributed by atoms with E-state index in [4.69, 9.17) is 16.4 Å². The molecule has 0 aromatic carbocycles. The zero-order valence-corrected chi connectivity index (χ0v) is 16.4. The molecule has 4 nitrogen and oxygen atoms in total. The van der Waals surface area contributed by atoms with Crippen LogP contribution in [0.2, 0.25) is 0 Å². The van der Waals surface area contributed by atoms with Gasteiger partial charge in [-0.25, -0.2) is 0 Å². The summed E-state index contributed by atoms with van der Waals surface area (Å²) in [5.74, 6) is 0.496. The lowest BCUT2D eigenvalue weighted by Crippen LogP contribution is -2.39. The van der Waals surface area contributed by atoms with Crippen LogP contribution in [0.25, 0.3) is 0 Å². The fraction of sp³-hybridized carbons (Fsp3) is 0.722. The minimum Gasteiger partial charge on any atom is -0.392 e. The molecule has 1 unspecified atom stereocenters. The van der Waals surface area contributed by atoms with Crippen molar-refractivity contribution >= 4 is 40.6 Å². The van der Waals surface area contributed by atoms with Crippen molar-refractivity contribution in [3.63, 3.8) is 0 Å². The molecule has 0 heterocycles. The first-order chi connectivity index (χ1) is 11.5. The maximum absolute atomic E-state index is 12.6. The summed E-state index contributed by atoms with van der Waals surface area (Å²) in [7, 11) is 0. The highest BCUT2D eigenvalue weighted by Crippen LogP contribution is 2.31. The van der Waals surface area contributed by atoms with E-state index in [-0.39, 0.29) is 24.1 Å². The second-order valence-electron chi connectivity index (χ2n) is 6.13. The highest BCUT2D eigenvalue weighted by Gasteiger charge is 2.38. The van der Waals surface area contributed by atoms with Crippen LogP contribution in [0.4, 0.5) is 0 Å². The van der Waals surface area contributed by atoms with Gasteiger partial charge in [-0.05, 0) is 30.6 Å². The zero-order chi connectivity index (χ0) is 17.9. The van der Waals surface area contributed by atoms with Crippen molar-refractivity contribution in [2.24, 2.45) is 17.0 Å². The van der Waals surface area contributed by atoms with Gasteiger partial charge in [-0.1, -0.05) is 43.9 Å². The lowest BCUT2D eigenvalue weighted by atomic mass is 9.75. The molecular formula is C18H28ClNO3S. The third kappa shape index (κ3) is 6.98. The molecule has 0 radical (unpaired) electrons. The van der Waals surface area contributed by atoms with Crippen LogP contribution in [0, 0.1) is 11.8 Å². The van der Waals surface area contributed by atoms with Crippen molar-refractivity contribution in [3.8, 4) is 0 Å². The third-order valence-corrected chi connectivity index (χ3v) is 5.29. The number of ketones is 2. The molecule has 0 saturated heterocycles. The van der Waals surface area contributed by atoms with Crippen LogP contribution in [0.3, 0.4) is 0 Å². The van der Waals surface area contributed by atoms with Gasteiger partial charge in [0.2, 0.25) is 0 Å². The van der Waals surface area contributed by atoms with Crippen molar-refractivity contribution in [2.45, 2.75) is 58.1 Å². The van der Waals surface area contributed by atoms with E-state index in [2.05, 4.69) is 19.0 Å². The van der Waals surface area contributed by atoms with E-state index in [1.165, 1.54) is 5.54 Å². The predicted molar refractivity (Wildman–Crippen MR) is 102 cm³/mol. The van der Waals surface area contributed by atoms with E-state index < -0.39 is 5.92 Å². The second kappa shape index (κ2) is 11.7. The summed E-state index contributed by atoms with van der Waals surface area (Å²) in [6.07, 6.45) is 4.88. The summed E-state index contributed by atoms with van der Waals surface area (Å²) in [6.45, 7) is 6.53. The van der Waals surface area contributed by atoms with E-state index in [0.29, 0.717) is 30.2 Å². The molecule has 136 valence electrons. The van der Waals surface area contributed by atoms with Crippen LogP contribution >= 0.6 is 23.4 Å². The van der Waals surface area contributed by atoms with E-state index >= 15 is 0 Å². The van der Waals surface area contributed by atoms with E-state index in [0.717, 1.165) is 18.6 Å². The maximum Gasteiger partial charge on any atom is 0.149 e. The third-order valence-electron chi connectivity index (χ3n) is 4.02. The number of halogens is 1. The molecule has 0 aromatic rings. The Morgan fingerprint density at radius 2 is 2.04 bits per heavy atom. The van der Waals surface area contributed by atoms with Crippen LogP contribution in [-0.2, 0) is 14.4 Å². The van der Waals surface area contributed by atoms with E-state index in [1.807, 2.05) is 18.7 Å². The summed E-state index contributed by atoms with van der Waals surface area (Å²) in [4.78, 5) is 30.3. The number of carbonyl (C=O) groups is 2. The first-order valence-corrected chi connectivity index (χ1v) is 10.1. The summed E-state index contributed by atoms with van der Waals surface area (Å²) in [5.41, 5.74) is 1.91.